The minimum atomic E-state index is 0.133. The Morgan fingerprint density at radius 2 is 1.92 bits per heavy atom. The molecule has 0 fully saturated rings. The van der Waals surface area contributed by atoms with E-state index in [0.717, 1.165) is 39.1 Å². The van der Waals surface area contributed by atoms with E-state index in [0.29, 0.717) is 5.75 Å². The summed E-state index contributed by atoms with van der Waals surface area (Å²) in [6.45, 7) is 8.95. The number of aromatic nitrogens is 3. The van der Waals surface area contributed by atoms with Crippen LogP contribution in [-0.4, -0.2) is 26.3 Å². The maximum Gasteiger partial charge on any atom is 0.191 e. The second kappa shape index (κ2) is 7.54. The molecule has 0 aliphatic rings. The van der Waals surface area contributed by atoms with Crippen LogP contribution in [0.25, 0.3) is 10.7 Å². The van der Waals surface area contributed by atoms with Crippen LogP contribution in [-0.2, 0) is 6.54 Å². The SMILES string of the molecule is CCn1c(SCC(=O)c2cc(C)c(C)cc2C)nnc1-c1cccs1. The number of benzene rings is 1. The van der Waals surface area contributed by atoms with Crippen LogP contribution in [0.1, 0.15) is 34.0 Å². The molecule has 0 saturated carbocycles. The predicted molar refractivity (Wildman–Crippen MR) is 105 cm³/mol. The highest BCUT2D eigenvalue weighted by atomic mass is 32.2. The summed E-state index contributed by atoms with van der Waals surface area (Å²) < 4.78 is 2.07. The third kappa shape index (κ3) is 3.70. The number of carbonyl (C=O) groups is 1. The molecule has 2 heterocycles. The molecule has 3 aromatic rings. The summed E-state index contributed by atoms with van der Waals surface area (Å²) in [6.07, 6.45) is 0. The zero-order valence-electron chi connectivity index (χ0n) is 14.9. The normalized spacial score (nSPS) is 11.0. The van der Waals surface area contributed by atoms with Gasteiger partial charge in [0.1, 0.15) is 0 Å². The molecular weight excluding hydrogens is 350 g/mol. The van der Waals surface area contributed by atoms with E-state index in [9.17, 15) is 4.79 Å². The zero-order chi connectivity index (χ0) is 18.0. The van der Waals surface area contributed by atoms with Crippen LogP contribution in [0, 0.1) is 20.8 Å². The van der Waals surface area contributed by atoms with E-state index in [-0.39, 0.29) is 5.78 Å². The Morgan fingerprint density at radius 1 is 1.16 bits per heavy atom. The molecule has 0 bridgehead atoms. The standard InChI is InChI=1S/C19H21N3OS2/c1-5-22-18(17-7-6-8-24-17)20-21-19(22)25-11-16(23)15-10-13(3)12(2)9-14(15)4/h6-10H,5,11H2,1-4H3. The molecule has 25 heavy (non-hydrogen) atoms. The molecule has 130 valence electrons. The van der Waals surface area contributed by atoms with Crippen molar-refractivity contribution in [3.8, 4) is 10.7 Å². The first-order valence-corrected chi connectivity index (χ1v) is 10.1. The molecule has 1 aromatic carbocycles. The summed E-state index contributed by atoms with van der Waals surface area (Å²) in [6, 6.07) is 8.12. The van der Waals surface area contributed by atoms with Gasteiger partial charge < -0.3 is 4.57 Å². The second-order valence-electron chi connectivity index (χ2n) is 5.99. The van der Waals surface area contributed by atoms with Gasteiger partial charge in [-0.25, -0.2) is 0 Å². The number of carbonyl (C=O) groups excluding carboxylic acids is 1. The van der Waals surface area contributed by atoms with Crippen LogP contribution < -0.4 is 0 Å². The fourth-order valence-corrected chi connectivity index (χ4v) is 4.34. The van der Waals surface area contributed by atoms with E-state index in [2.05, 4.69) is 34.7 Å². The first-order chi connectivity index (χ1) is 12.0. The number of Topliss-reactive ketones (excluding diaryl/α,β-unsaturated/α-hetero) is 1. The second-order valence-corrected chi connectivity index (χ2v) is 7.88. The average Bonchev–Trinajstić information content (AvgIpc) is 3.24. The number of thioether (sulfide) groups is 1. The van der Waals surface area contributed by atoms with Gasteiger partial charge in [-0.2, -0.15) is 0 Å². The Hall–Kier alpha value is -1.92. The van der Waals surface area contributed by atoms with Crippen LogP contribution in [0.5, 0.6) is 0 Å². The lowest BCUT2D eigenvalue weighted by Crippen LogP contribution is -2.07. The topological polar surface area (TPSA) is 47.8 Å². The molecule has 0 aliphatic carbocycles. The van der Waals surface area contributed by atoms with Crippen molar-refractivity contribution >= 4 is 28.9 Å². The van der Waals surface area contributed by atoms with Crippen LogP contribution in [0.2, 0.25) is 0 Å². The number of thiophene rings is 1. The van der Waals surface area contributed by atoms with E-state index in [4.69, 9.17) is 0 Å². The smallest absolute Gasteiger partial charge is 0.191 e. The van der Waals surface area contributed by atoms with E-state index in [1.807, 2.05) is 37.4 Å². The van der Waals surface area contributed by atoms with Crippen molar-refractivity contribution in [2.24, 2.45) is 0 Å². The number of ketones is 1. The molecule has 0 saturated heterocycles. The van der Waals surface area contributed by atoms with E-state index < -0.39 is 0 Å². The highest BCUT2D eigenvalue weighted by Crippen LogP contribution is 2.28. The van der Waals surface area contributed by atoms with Gasteiger partial charge in [-0.05, 0) is 61.9 Å². The van der Waals surface area contributed by atoms with Gasteiger partial charge in [0.05, 0.1) is 10.6 Å². The molecule has 0 N–H and O–H groups in total. The highest BCUT2D eigenvalue weighted by Gasteiger charge is 2.17. The third-order valence-electron chi connectivity index (χ3n) is 4.25. The molecule has 0 spiro atoms. The van der Waals surface area contributed by atoms with Crippen molar-refractivity contribution < 1.29 is 4.79 Å². The maximum absolute atomic E-state index is 12.7. The first-order valence-electron chi connectivity index (χ1n) is 8.22. The van der Waals surface area contributed by atoms with Gasteiger partial charge in [0.2, 0.25) is 0 Å². The summed E-state index contributed by atoms with van der Waals surface area (Å²) >= 11 is 3.10. The van der Waals surface area contributed by atoms with Gasteiger partial charge in [0.25, 0.3) is 0 Å². The lowest BCUT2D eigenvalue weighted by Gasteiger charge is -2.09. The summed E-state index contributed by atoms with van der Waals surface area (Å²) in [5.74, 6) is 1.37. The van der Waals surface area contributed by atoms with Crippen molar-refractivity contribution in [3.63, 3.8) is 0 Å². The number of rotatable bonds is 6. The molecule has 0 atom stereocenters. The number of aryl methyl sites for hydroxylation is 3. The molecule has 6 heteroatoms. The molecule has 4 nitrogen and oxygen atoms in total. The Labute approximate surface area is 156 Å². The van der Waals surface area contributed by atoms with Gasteiger partial charge in [-0.3, -0.25) is 4.79 Å². The van der Waals surface area contributed by atoms with Crippen molar-refractivity contribution in [3.05, 3.63) is 51.9 Å². The maximum atomic E-state index is 12.7. The lowest BCUT2D eigenvalue weighted by molar-refractivity contribution is 0.102. The van der Waals surface area contributed by atoms with Crippen molar-refractivity contribution in [2.45, 2.75) is 39.4 Å². The predicted octanol–water partition coefficient (Wildman–Crippen LogP) is 4.93. The van der Waals surface area contributed by atoms with Crippen molar-refractivity contribution in [2.75, 3.05) is 5.75 Å². The van der Waals surface area contributed by atoms with Gasteiger partial charge in [0, 0.05) is 12.1 Å². The Bertz CT molecular complexity index is 898. The average molecular weight is 372 g/mol. The van der Waals surface area contributed by atoms with Crippen molar-refractivity contribution in [1.29, 1.82) is 0 Å². The van der Waals surface area contributed by atoms with Gasteiger partial charge in [-0.15, -0.1) is 21.5 Å². The number of nitrogens with zero attached hydrogens (tertiary/aromatic N) is 3. The Kier molecular flexibility index (Phi) is 5.39. The molecule has 3 rings (SSSR count). The van der Waals surface area contributed by atoms with E-state index in [1.165, 1.54) is 17.3 Å². The van der Waals surface area contributed by atoms with Crippen LogP contribution >= 0.6 is 23.1 Å². The number of hydrogen-bond acceptors (Lipinski definition) is 5. The monoisotopic (exact) mass is 371 g/mol. The van der Waals surface area contributed by atoms with Crippen LogP contribution in [0.4, 0.5) is 0 Å². The zero-order valence-corrected chi connectivity index (χ0v) is 16.5. The summed E-state index contributed by atoms with van der Waals surface area (Å²) in [5, 5.41) is 11.4. The minimum absolute atomic E-state index is 0.133. The van der Waals surface area contributed by atoms with Crippen LogP contribution in [0.15, 0.2) is 34.8 Å². The lowest BCUT2D eigenvalue weighted by atomic mass is 9.99. The largest absolute Gasteiger partial charge is 0.302 e. The van der Waals surface area contributed by atoms with E-state index >= 15 is 0 Å². The molecule has 0 unspecified atom stereocenters. The molecule has 2 aromatic heterocycles. The molecule has 0 amide bonds. The summed E-state index contributed by atoms with van der Waals surface area (Å²) in [7, 11) is 0. The first kappa shape index (κ1) is 17.9. The molecule has 0 aliphatic heterocycles. The van der Waals surface area contributed by atoms with Crippen molar-refractivity contribution in [1.82, 2.24) is 14.8 Å². The summed E-state index contributed by atoms with van der Waals surface area (Å²) in [5.41, 5.74) is 4.20. The number of hydrogen-bond donors (Lipinski definition) is 0. The summed E-state index contributed by atoms with van der Waals surface area (Å²) in [4.78, 5) is 13.8. The quantitative estimate of drug-likeness (QED) is 0.455. The molecule has 0 radical (unpaired) electrons. The van der Waals surface area contributed by atoms with Gasteiger partial charge >= 0.3 is 0 Å². The van der Waals surface area contributed by atoms with Gasteiger partial charge in [0.15, 0.2) is 16.8 Å². The third-order valence-corrected chi connectivity index (χ3v) is 6.08. The highest BCUT2D eigenvalue weighted by molar-refractivity contribution is 7.99. The Morgan fingerprint density at radius 3 is 2.60 bits per heavy atom. The van der Waals surface area contributed by atoms with E-state index in [1.54, 1.807) is 11.3 Å². The van der Waals surface area contributed by atoms with Gasteiger partial charge in [-0.1, -0.05) is 23.9 Å². The molecular formula is C19H21N3OS2. The Balaban J connectivity index is 1.78. The van der Waals surface area contributed by atoms with Crippen LogP contribution in [0.3, 0.4) is 0 Å². The fourth-order valence-electron chi connectivity index (χ4n) is 2.74. The minimum Gasteiger partial charge on any atom is -0.302 e. The fraction of sp³-hybridized carbons (Fsp3) is 0.316.